The zero-order chi connectivity index (χ0) is 12.0. The maximum absolute atomic E-state index is 11.9. The molecule has 2 heteroatoms. The molecule has 16 heavy (non-hydrogen) atoms. The smallest absolute Gasteiger partial charge is 0.159 e. The van der Waals surface area contributed by atoms with Crippen molar-refractivity contribution in [2.75, 3.05) is 0 Å². The average Bonchev–Trinajstić information content (AvgIpc) is 2.30. The van der Waals surface area contributed by atoms with Gasteiger partial charge in [0.1, 0.15) is 0 Å². The highest BCUT2D eigenvalue weighted by Gasteiger charge is 2.32. The fourth-order valence-electron chi connectivity index (χ4n) is 2.39. The molecule has 1 fully saturated rings. The summed E-state index contributed by atoms with van der Waals surface area (Å²) in [6.45, 7) is 3.67. The van der Waals surface area contributed by atoms with E-state index in [0.717, 1.165) is 25.7 Å². The quantitative estimate of drug-likeness (QED) is 0.682. The molecule has 0 spiro atoms. The zero-order valence-corrected chi connectivity index (χ0v) is 10.1. The molecule has 0 amide bonds. The molecule has 1 rings (SSSR count). The molecule has 88 valence electrons. The highest BCUT2D eigenvalue weighted by molar-refractivity contribution is 5.99. The number of allylic oxidation sites excluding steroid dienone is 4. The minimum atomic E-state index is -0.0892. The molecule has 0 aliphatic heterocycles. The second kappa shape index (κ2) is 6.41. The molecule has 0 N–H and O–H groups in total. The van der Waals surface area contributed by atoms with Crippen molar-refractivity contribution in [3.8, 4) is 0 Å². The van der Waals surface area contributed by atoms with Gasteiger partial charge in [-0.3, -0.25) is 9.59 Å². The van der Waals surface area contributed by atoms with Crippen LogP contribution in [0, 0.1) is 11.8 Å². The summed E-state index contributed by atoms with van der Waals surface area (Å²) in [7, 11) is 0. The minimum absolute atomic E-state index is 0.0892. The largest absolute Gasteiger partial charge is 0.295 e. The lowest BCUT2D eigenvalue weighted by Gasteiger charge is -2.27. The molecule has 0 saturated heterocycles. The number of carbonyl (C=O) groups excluding carboxylic acids is 2. The van der Waals surface area contributed by atoms with E-state index in [9.17, 15) is 9.59 Å². The van der Waals surface area contributed by atoms with E-state index in [-0.39, 0.29) is 23.4 Å². The molecule has 2 nitrogen and oxygen atoms in total. The summed E-state index contributed by atoms with van der Waals surface area (Å²) in [5.41, 5.74) is 0. The Balaban J connectivity index is 2.78. The Labute approximate surface area is 97.4 Å². The topological polar surface area (TPSA) is 34.1 Å². The van der Waals surface area contributed by atoms with E-state index in [1.54, 1.807) is 24.3 Å². The molecule has 0 aromatic heterocycles. The first-order chi connectivity index (χ1) is 7.70. The Hall–Kier alpha value is -1.18. The normalized spacial score (nSPS) is 26.4. The predicted octanol–water partition coefficient (Wildman–Crippen LogP) is 3.08. The summed E-state index contributed by atoms with van der Waals surface area (Å²) in [6.07, 6.45) is 10.6. The maximum Gasteiger partial charge on any atom is 0.159 e. The van der Waals surface area contributed by atoms with Gasteiger partial charge in [-0.15, -0.1) is 0 Å². The Morgan fingerprint density at radius 2 is 1.25 bits per heavy atom. The summed E-state index contributed by atoms with van der Waals surface area (Å²) in [6, 6.07) is 0. The molecule has 0 aromatic carbocycles. The maximum atomic E-state index is 11.9. The molecule has 0 aromatic rings. The molecule has 1 saturated carbocycles. The van der Waals surface area contributed by atoms with Crippen LogP contribution in [-0.4, -0.2) is 11.6 Å². The number of hydrogen-bond donors (Lipinski definition) is 0. The number of ketones is 2. The van der Waals surface area contributed by atoms with Gasteiger partial charge in [-0.1, -0.05) is 25.0 Å². The molecule has 1 aliphatic carbocycles. The first kappa shape index (κ1) is 12.9. The molecule has 0 heterocycles. The van der Waals surface area contributed by atoms with Crippen LogP contribution in [0.25, 0.3) is 0 Å². The summed E-state index contributed by atoms with van der Waals surface area (Å²) in [5.74, 6) is 0.0532. The number of carbonyl (C=O) groups is 2. The van der Waals surface area contributed by atoms with Crippen molar-refractivity contribution < 1.29 is 9.59 Å². The Bertz CT molecular complexity index is 281. The van der Waals surface area contributed by atoms with Gasteiger partial charge < -0.3 is 0 Å². The highest BCUT2D eigenvalue weighted by Crippen LogP contribution is 2.32. The van der Waals surface area contributed by atoms with Gasteiger partial charge in [-0.2, -0.15) is 0 Å². The van der Waals surface area contributed by atoms with Gasteiger partial charge in [-0.05, 0) is 38.8 Å². The Morgan fingerprint density at radius 1 is 0.875 bits per heavy atom. The molecule has 2 atom stereocenters. The minimum Gasteiger partial charge on any atom is -0.295 e. The van der Waals surface area contributed by atoms with Crippen LogP contribution in [0.15, 0.2) is 24.3 Å². The van der Waals surface area contributed by atoms with Gasteiger partial charge in [0.15, 0.2) is 11.6 Å². The Morgan fingerprint density at radius 3 is 1.56 bits per heavy atom. The summed E-state index contributed by atoms with van der Waals surface area (Å²) < 4.78 is 0. The van der Waals surface area contributed by atoms with E-state index < -0.39 is 0 Å². The fraction of sp³-hybridized carbons (Fsp3) is 0.571. The van der Waals surface area contributed by atoms with E-state index in [4.69, 9.17) is 0 Å². The van der Waals surface area contributed by atoms with Crippen molar-refractivity contribution in [2.24, 2.45) is 11.8 Å². The lowest BCUT2D eigenvalue weighted by atomic mass is 9.74. The van der Waals surface area contributed by atoms with E-state index in [2.05, 4.69) is 0 Å². The SMILES string of the molecule is C/C=C/C(=O)C1CCCCC1C(=O)/C=C/C. The van der Waals surface area contributed by atoms with Crippen molar-refractivity contribution in [2.45, 2.75) is 39.5 Å². The van der Waals surface area contributed by atoms with Gasteiger partial charge in [0.2, 0.25) is 0 Å². The van der Waals surface area contributed by atoms with Crippen molar-refractivity contribution in [3.05, 3.63) is 24.3 Å². The predicted molar refractivity (Wildman–Crippen MR) is 65.1 cm³/mol. The second-order valence-corrected chi connectivity index (χ2v) is 4.30. The first-order valence-electron chi connectivity index (χ1n) is 6.03. The van der Waals surface area contributed by atoms with E-state index in [1.807, 2.05) is 13.8 Å². The van der Waals surface area contributed by atoms with E-state index >= 15 is 0 Å². The van der Waals surface area contributed by atoms with Gasteiger partial charge >= 0.3 is 0 Å². The first-order valence-corrected chi connectivity index (χ1v) is 6.03. The fourth-order valence-corrected chi connectivity index (χ4v) is 2.39. The summed E-state index contributed by atoms with van der Waals surface area (Å²) in [4.78, 5) is 23.7. The van der Waals surface area contributed by atoms with E-state index in [0.29, 0.717) is 0 Å². The van der Waals surface area contributed by atoms with Crippen LogP contribution in [0.1, 0.15) is 39.5 Å². The third kappa shape index (κ3) is 3.16. The van der Waals surface area contributed by atoms with Crippen LogP contribution in [0.4, 0.5) is 0 Å². The van der Waals surface area contributed by atoms with Crippen molar-refractivity contribution in [3.63, 3.8) is 0 Å². The van der Waals surface area contributed by atoms with E-state index in [1.165, 1.54) is 0 Å². The van der Waals surface area contributed by atoms with Crippen molar-refractivity contribution in [1.29, 1.82) is 0 Å². The highest BCUT2D eigenvalue weighted by atomic mass is 16.1. The van der Waals surface area contributed by atoms with Crippen LogP contribution in [0.5, 0.6) is 0 Å². The van der Waals surface area contributed by atoms with Gasteiger partial charge in [0.25, 0.3) is 0 Å². The number of hydrogen-bond acceptors (Lipinski definition) is 2. The van der Waals surface area contributed by atoms with Crippen LogP contribution < -0.4 is 0 Å². The van der Waals surface area contributed by atoms with Gasteiger partial charge in [0, 0.05) is 11.8 Å². The molecule has 0 radical (unpaired) electrons. The van der Waals surface area contributed by atoms with Crippen LogP contribution >= 0.6 is 0 Å². The van der Waals surface area contributed by atoms with Crippen molar-refractivity contribution >= 4 is 11.6 Å². The van der Waals surface area contributed by atoms with Crippen LogP contribution in [-0.2, 0) is 9.59 Å². The third-order valence-corrected chi connectivity index (χ3v) is 3.16. The van der Waals surface area contributed by atoms with Gasteiger partial charge in [0.05, 0.1) is 0 Å². The van der Waals surface area contributed by atoms with Gasteiger partial charge in [-0.25, -0.2) is 0 Å². The molecular formula is C14H20O2. The summed E-state index contributed by atoms with van der Waals surface area (Å²) >= 11 is 0. The number of rotatable bonds is 4. The molecule has 1 aliphatic rings. The summed E-state index contributed by atoms with van der Waals surface area (Å²) in [5, 5.41) is 0. The molecular weight excluding hydrogens is 200 g/mol. The standard InChI is InChI=1S/C14H20O2/c1-3-7-13(15)11-9-5-6-10-12(11)14(16)8-4-2/h3-4,7-8,11-12H,5-6,9-10H2,1-2H3/b7-3+,8-4+. The average molecular weight is 220 g/mol. The zero-order valence-electron chi connectivity index (χ0n) is 10.1. The molecule has 0 bridgehead atoms. The Kier molecular flexibility index (Phi) is 5.17. The molecule has 2 unspecified atom stereocenters. The lowest BCUT2D eigenvalue weighted by Crippen LogP contribution is -2.31. The monoisotopic (exact) mass is 220 g/mol. The van der Waals surface area contributed by atoms with Crippen LogP contribution in [0.2, 0.25) is 0 Å². The lowest BCUT2D eigenvalue weighted by molar-refractivity contribution is -0.128. The third-order valence-electron chi connectivity index (χ3n) is 3.16. The van der Waals surface area contributed by atoms with Crippen LogP contribution in [0.3, 0.4) is 0 Å². The van der Waals surface area contributed by atoms with Crippen molar-refractivity contribution in [1.82, 2.24) is 0 Å². The second-order valence-electron chi connectivity index (χ2n) is 4.30.